The molecule has 0 unspecified atom stereocenters. The third-order valence-corrected chi connectivity index (χ3v) is 5.61. The van der Waals surface area contributed by atoms with E-state index < -0.39 is 0 Å². The average molecular weight is 296 g/mol. The van der Waals surface area contributed by atoms with Crippen LogP contribution in [0.1, 0.15) is 55.0 Å². The molecule has 1 saturated carbocycles. The molecule has 116 valence electrons. The van der Waals surface area contributed by atoms with Crippen molar-refractivity contribution in [1.29, 1.82) is 0 Å². The van der Waals surface area contributed by atoms with Gasteiger partial charge in [-0.3, -0.25) is 0 Å². The van der Waals surface area contributed by atoms with Crippen LogP contribution in [-0.4, -0.2) is 16.9 Å². The summed E-state index contributed by atoms with van der Waals surface area (Å²) < 4.78 is 7.40. The van der Waals surface area contributed by atoms with E-state index in [1.54, 1.807) is 7.11 Å². The molecule has 0 radical (unpaired) electrons. The summed E-state index contributed by atoms with van der Waals surface area (Å²) in [5.41, 5.74) is 5.37. The predicted octanol–water partition coefficient (Wildman–Crippen LogP) is 4.41. The van der Waals surface area contributed by atoms with Crippen molar-refractivity contribution in [2.45, 2.75) is 51.4 Å². The van der Waals surface area contributed by atoms with Crippen LogP contribution in [0.2, 0.25) is 0 Å². The van der Waals surface area contributed by atoms with E-state index >= 15 is 0 Å². The lowest BCUT2D eigenvalue weighted by Gasteiger charge is -2.34. The molecule has 0 spiro atoms. The zero-order valence-electron chi connectivity index (χ0n) is 13.5. The zero-order chi connectivity index (χ0) is 15.1. The molecule has 0 amide bonds. The van der Waals surface area contributed by atoms with E-state index in [1.165, 1.54) is 55.5 Å². The number of nitrogens with zero attached hydrogens (tertiary/aromatic N) is 2. The lowest BCUT2D eigenvalue weighted by atomic mass is 9.70. The second-order valence-corrected chi connectivity index (χ2v) is 6.75. The molecule has 2 aliphatic carbocycles. The Morgan fingerprint density at radius 2 is 1.86 bits per heavy atom. The average Bonchev–Trinajstić information content (AvgIpc) is 2.92. The van der Waals surface area contributed by atoms with Gasteiger partial charge in [-0.15, -0.1) is 0 Å². The van der Waals surface area contributed by atoms with Gasteiger partial charge in [0.15, 0.2) is 0 Å². The van der Waals surface area contributed by atoms with E-state index in [1.807, 2.05) is 12.1 Å². The third-order valence-electron chi connectivity index (χ3n) is 5.61. The molecule has 4 rings (SSSR count). The highest BCUT2D eigenvalue weighted by atomic mass is 16.5. The Balaban J connectivity index is 1.74. The number of hydrogen-bond acceptors (Lipinski definition) is 2. The third kappa shape index (κ3) is 2.15. The largest absolute Gasteiger partial charge is 0.497 e. The van der Waals surface area contributed by atoms with E-state index in [0.29, 0.717) is 5.92 Å². The summed E-state index contributed by atoms with van der Waals surface area (Å²) in [7, 11) is 1.70. The summed E-state index contributed by atoms with van der Waals surface area (Å²) in [6.45, 7) is 2.22. The summed E-state index contributed by atoms with van der Waals surface area (Å²) >= 11 is 0. The smallest absolute Gasteiger partial charge is 0.119 e. The second kappa shape index (κ2) is 5.45. The van der Waals surface area contributed by atoms with Crippen LogP contribution in [0.3, 0.4) is 0 Å². The molecule has 0 saturated heterocycles. The summed E-state index contributed by atoms with van der Waals surface area (Å²) in [5.74, 6) is 2.47. The first-order valence-electron chi connectivity index (χ1n) is 8.50. The summed E-state index contributed by atoms with van der Waals surface area (Å²) in [6.07, 6.45) is 8.07. The van der Waals surface area contributed by atoms with Crippen LogP contribution in [0, 0.1) is 12.8 Å². The SMILES string of the molecule is COc1ccc(-n2nc3c(c2C)CC[C@H]2CCCC[C@H]32)cc1. The minimum Gasteiger partial charge on any atom is -0.497 e. The lowest BCUT2D eigenvalue weighted by molar-refractivity contribution is 0.271. The van der Waals surface area contributed by atoms with Gasteiger partial charge in [0.2, 0.25) is 0 Å². The normalized spacial score (nSPS) is 23.7. The van der Waals surface area contributed by atoms with Gasteiger partial charge in [-0.25, -0.2) is 4.68 Å². The first-order valence-corrected chi connectivity index (χ1v) is 8.50. The maximum absolute atomic E-state index is 5.26. The Morgan fingerprint density at radius 1 is 1.09 bits per heavy atom. The molecule has 1 heterocycles. The Labute approximate surface area is 132 Å². The maximum Gasteiger partial charge on any atom is 0.119 e. The number of methoxy groups -OCH3 is 1. The molecule has 3 heteroatoms. The molecule has 0 bridgehead atoms. The number of aromatic nitrogens is 2. The van der Waals surface area contributed by atoms with Crippen molar-refractivity contribution in [2.75, 3.05) is 7.11 Å². The second-order valence-electron chi connectivity index (χ2n) is 6.75. The minimum absolute atomic E-state index is 0.704. The molecular weight excluding hydrogens is 272 g/mol. The Hall–Kier alpha value is -1.77. The fourth-order valence-electron chi connectivity index (χ4n) is 4.38. The zero-order valence-corrected chi connectivity index (χ0v) is 13.5. The molecule has 1 aromatic carbocycles. The fraction of sp³-hybridized carbons (Fsp3) is 0.526. The van der Waals surface area contributed by atoms with E-state index in [0.717, 1.165) is 17.4 Å². The minimum atomic E-state index is 0.704. The first kappa shape index (κ1) is 13.9. The van der Waals surface area contributed by atoms with Crippen molar-refractivity contribution in [1.82, 2.24) is 9.78 Å². The van der Waals surface area contributed by atoms with E-state index in [2.05, 4.69) is 23.7 Å². The fourth-order valence-corrected chi connectivity index (χ4v) is 4.38. The van der Waals surface area contributed by atoms with Gasteiger partial charge in [-0.05, 0) is 68.4 Å². The molecule has 1 fully saturated rings. The van der Waals surface area contributed by atoms with Gasteiger partial charge < -0.3 is 4.74 Å². The van der Waals surface area contributed by atoms with Crippen molar-refractivity contribution >= 4 is 0 Å². The standard InChI is InChI=1S/C19H24N2O/c1-13-17-12-7-14-5-3-4-6-18(14)19(17)20-21(13)15-8-10-16(22-2)11-9-15/h8-11,14,18H,3-7,12H2,1-2H3/t14-,18+/m1/s1. The quantitative estimate of drug-likeness (QED) is 0.821. The van der Waals surface area contributed by atoms with E-state index in [-0.39, 0.29) is 0 Å². The molecule has 0 N–H and O–H groups in total. The molecular formula is C19H24N2O. The predicted molar refractivity (Wildman–Crippen MR) is 87.9 cm³/mol. The maximum atomic E-state index is 5.26. The number of benzene rings is 1. The van der Waals surface area contributed by atoms with Gasteiger partial charge in [0, 0.05) is 11.6 Å². The van der Waals surface area contributed by atoms with Gasteiger partial charge in [0.25, 0.3) is 0 Å². The van der Waals surface area contributed by atoms with Crippen molar-refractivity contribution < 1.29 is 4.74 Å². The molecule has 0 aliphatic heterocycles. The van der Waals surface area contributed by atoms with Crippen molar-refractivity contribution in [3.05, 3.63) is 41.2 Å². The van der Waals surface area contributed by atoms with Gasteiger partial charge in [0.05, 0.1) is 18.5 Å². The highest BCUT2D eigenvalue weighted by molar-refractivity contribution is 5.42. The van der Waals surface area contributed by atoms with Gasteiger partial charge in [-0.2, -0.15) is 5.10 Å². The molecule has 2 aromatic rings. The Bertz CT molecular complexity index is 671. The van der Waals surface area contributed by atoms with Crippen LogP contribution in [0.15, 0.2) is 24.3 Å². The van der Waals surface area contributed by atoms with Crippen molar-refractivity contribution in [3.63, 3.8) is 0 Å². The van der Waals surface area contributed by atoms with Crippen LogP contribution >= 0.6 is 0 Å². The molecule has 2 aliphatic rings. The molecule has 3 nitrogen and oxygen atoms in total. The number of fused-ring (bicyclic) bond motifs is 3. The van der Waals surface area contributed by atoms with Crippen LogP contribution in [0.5, 0.6) is 5.75 Å². The number of rotatable bonds is 2. The molecule has 2 atom stereocenters. The summed E-state index contributed by atoms with van der Waals surface area (Å²) in [6, 6.07) is 8.23. The van der Waals surface area contributed by atoms with Crippen molar-refractivity contribution in [3.8, 4) is 11.4 Å². The summed E-state index contributed by atoms with van der Waals surface area (Å²) in [5, 5.41) is 5.04. The monoisotopic (exact) mass is 296 g/mol. The van der Waals surface area contributed by atoms with E-state index in [4.69, 9.17) is 9.84 Å². The van der Waals surface area contributed by atoms with Crippen molar-refractivity contribution in [2.24, 2.45) is 5.92 Å². The Kier molecular flexibility index (Phi) is 3.44. The first-order chi connectivity index (χ1) is 10.8. The van der Waals surface area contributed by atoms with Gasteiger partial charge in [0.1, 0.15) is 5.75 Å². The highest BCUT2D eigenvalue weighted by Crippen LogP contribution is 2.45. The molecule has 1 aromatic heterocycles. The van der Waals surface area contributed by atoms with Gasteiger partial charge >= 0.3 is 0 Å². The number of ether oxygens (including phenoxy) is 1. The summed E-state index contributed by atoms with van der Waals surface area (Å²) in [4.78, 5) is 0. The highest BCUT2D eigenvalue weighted by Gasteiger charge is 2.35. The van der Waals surface area contributed by atoms with Crippen LogP contribution < -0.4 is 4.74 Å². The molecule has 22 heavy (non-hydrogen) atoms. The van der Waals surface area contributed by atoms with Crippen LogP contribution in [0.25, 0.3) is 5.69 Å². The van der Waals surface area contributed by atoms with Crippen LogP contribution in [-0.2, 0) is 6.42 Å². The lowest BCUT2D eigenvalue weighted by Crippen LogP contribution is -2.23. The van der Waals surface area contributed by atoms with E-state index in [9.17, 15) is 0 Å². The van der Waals surface area contributed by atoms with Gasteiger partial charge in [-0.1, -0.05) is 12.8 Å². The van der Waals surface area contributed by atoms with Crippen LogP contribution in [0.4, 0.5) is 0 Å². The Morgan fingerprint density at radius 3 is 2.64 bits per heavy atom. The number of hydrogen-bond donors (Lipinski definition) is 0. The topological polar surface area (TPSA) is 27.1 Å².